The number of ether oxygens (including phenoxy) is 3. The number of hydrogen-bond donors (Lipinski definition) is 2. The Labute approximate surface area is 198 Å². The van der Waals surface area contributed by atoms with Crippen LogP contribution in [-0.2, 0) is 0 Å². The number of fused-ring (bicyclic) bond motifs is 1. The van der Waals surface area contributed by atoms with Gasteiger partial charge in [0.15, 0.2) is 11.5 Å². The van der Waals surface area contributed by atoms with Crippen LogP contribution in [0.1, 0.15) is 13.8 Å². The molecule has 0 spiro atoms. The fourth-order valence-electron chi connectivity index (χ4n) is 3.25. The first-order chi connectivity index (χ1) is 16.0. The van der Waals surface area contributed by atoms with Crippen molar-refractivity contribution in [2.45, 2.75) is 13.8 Å². The van der Waals surface area contributed by atoms with Gasteiger partial charge in [0.25, 0.3) is 0 Å². The number of rotatable bonds is 10. The monoisotopic (exact) mass is 473 g/mol. The van der Waals surface area contributed by atoms with Crippen molar-refractivity contribution in [1.29, 1.82) is 0 Å². The van der Waals surface area contributed by atoms with Crippen LogP contribution in [0.4, 0.5) is 10.5 Å². The van der Waals surface area contributed by atoms with E-state index in [1.807, 2.05) is 0 Å². The van der Waals surface area contributed by atoms with Crippen LogP contribution in [0, 0.1) is 0 Å². The molecule has 9 nitrogen and oxygen atoms in total. The lowest BCUT2D eigenvalue weighted by Crippen LogP contribution is -2.36. The average Bonchev–Trinajstić information content (AvgIpc) is 2.83. The van der Waals surface area contributed by atoms with Crippen molar-refractivity contribution >= 4 is 34.2 Å². The Kier molecular flexibility index (Phi) is 8.51. The lowest BCUT2D eigenvalue weighted by molar-refractivity contribution is 0.248. The summed E-state index contributed by atoms with van der Waals surface area (Å²) in [5.74, 6) is 1.90. The van der Waals surface area contributed by atoms with E-state index in [2.05, 4.69) is 39.3 Å². The van der Waals surface area contributed by atoms with E-state index in [0.29, 0.717) is 51.3 Å². The van der Waals surface area contributed by atoms with Crippen molar-refractivity contribution in [2.75, 3.05) is 45.7 Å². The number of aromatic nitrogens is 2. The van der Waals surface area contributed by atoms with Gasteiger partial charge in [-0.1, -0.05) is 25.4 Å². The van der Waals surface area contributed by atoms with Gasteiger partial charge >= 0.3 is 6.03 Å². The second-order valence-corrected chi connectivity index (χ2v) is 7.46. The van der Waals surface area contributed by atoms with Crippen molar-refractivity contribution in [2.24, 2.45) is 0 Å². The van der Waals surface area contributed by atoms with Crippen molar-refractivity contribution < 1.29 is 19.0 Å². The molecule has 0 saturated carbocycles. The van der Waals surface area contributed by atoms with Gasteiger partial charge in [0.05, 0.1) is 35.8 Å². The molecule has 3 rings (SSSR count). The number of anilines is 1. The summed E-state index contributed by atoms with van der Waals surface area (Å²) in [7, 11) is 3.12. The Morgan fingerprint density at radius 2 is 1.79 bits per heavy atom. The molecule has 0 atom stereocenters. The third kappa shape index (κ3) is 6.15. The highest BCUT2D eigenvalue weighted by atomic mass is 35.5. The van der Waals surface area contributed by atoms with Gasteiger partial charge in [-0.2, -0.15) is 0 Å². The van der Waals surface area contributed by atoms with E-state index in [1.165, 1.54) is 6.33 Å². The van der Waals surface area contributed by atoms with Crippen LogP contribution < -0.4 is 24.8 Å². The fourth-order valence-corrected chi connectivity index (χ4v) is 3.46. The fraction of sp³-hybridized carbons (Fsp3) is 0.348. The summed E-state index contributed by atoms with van der Waals surface area (Å²) in [5, 5.41) is 6.58. The molecule has 0 radical (unpaired) electrons. The Morgan fingerprint density at radius 1 is 1.06 bits per heavy atom. The molecule has 0 unspecified atom stereocenters. The van der Waals surface area contributed by atoms with Crippen molar-refractivity contribution in [3.63, 3.8) is 0 Å². The first kappa shape index (κ1) is 24.3. The number of carbonyl (C=O) groups excluding carboxylic acids is 1. The highest BCUT2D eigenvalue weighted by Gasteiger charge is 2.14. The minimum absolute atomic E-state index is 0.319. The second-order valence-electron chi connectivity index (χ2n) is 7.05. The third-order valence-corrected chi connectivity index (χ3v) is 5.43. The average molecular weight is 474 g/mol. The molecule has 3 aromatic rings. The summed E-state index contributed by atoms with van der Waals surface area (Å²) in [4.78, 5) is 22.9. The Morgan fingerprint density at radius 3 is 2.45 bits per heavy atom. The van der Waals surface area contributed by atoms with Gasteiger partial charge in [0.2, 0.25) is 5.88 Å². The Balaban J connectivity index is 1.70. The molecule has 176 valence electrons. The van der Waals surface area contributed by atoms with Crippen LogP contribution >= 0.6 is 11.6 Å². The zero-order valence-electron chi connectivity index (χ0n) is 19.1. The van der Waals surface area contributed by atoms with Gasteiger partial charge < -0.3 is 29.7 Å². The normalized spacial score (nSPS) is 10.8. The second kappa shape index (κ2) is 11.5. The molecule has 33 heavy (non-hydrogen) atoms. The SMILES string of the molecule is CCN(CC)CCNC(=O)Nc1ccc(Oc2ncnc3cc(OC)c(OC)cc23)cc1Cl. The summed E-state index contributed by atoms with van der Waals surface area (Å²) < 4.78 is 16.6. The van der Waals surface area contributed by atoms with E-state index in [1.54, 1.807) is 44.6 Å². The molecule has 2 amide bonds. The molecule has 0 fully saturated rings. The number of amides is 2. The lowest BCUT2D eigenvalue weighted by Gasteiger charge is -2.18. The number of urea groups is 1. The van der Waals surface area contributed by atoms with Crippen LogP contribution in [0.15, 0.2) is 36.7 Å². The molecule has 2 N–H and O–H groups in total. The third-order valence-electron chi connectivity index (χ3n) is 5.12. The van der Waals surface area contributed by atoms with Gasteiger partial charge in [0.1, 0.15) is 12.1 Å². The van der Waals surface area contributed by atoms with Gasteiger partial charge in [-0.15, -0.1) is 0 Å². The number of carbonyl (C=O) groups is 1. The van der Waals surface area contributed by atoms with E-state index in [9.17, 15) is 4.79 Å². The van der Waals surface area contributed by atoms with Gasteiger partial charge in [0, 0.05) is 25.2 Å². The molecule has 0 aliphatic heterocycles. The maximum Gasteiger partial charge on any atom is 0.319 e. The molecule has 0 aliphatic carbocycles. The first-order valence-corrected chi connectivity index (χ1v) is 11.0. The van der Waals surface area contributed by atoms with E-state index < -0.39 is 0 Å². The molecule has 0 aliphatic rings. The largest absolute Gasteiger partial charge is 0.493 e. The number of benzene rings is 2. The van der Waals surface area contributed by atoms with Gasteiger partial charge in [-0.3, -0.25) is 0 Å². The smallest absolute Gasteiger partial charge is 0.319 e. The summed E-state index contributed by atoms with van der Waals surface area (Å²) in [6.45, 7) is 7.38. The zero-order valence-corrected chi connectivity index (χ0v) is 19.9. The molecule has 0 saturated heterocycles. The first-order valence-electron chi connectivity index (χ1n) is 10.6. The molecule has 0 bridgehead atoms. The quantitative estimate of drug-likeness (QED) is 0.445. The molecule has 2 aromatic carbocycles. The van der Waals surface area contributed by atoms with E-state index in [0.717, 1.165) is 19.6 Å². The minimum Gasteiger partial charge on any atom is -0.493 e. The Bertz CT molecular complexity index is 1110. The minimum atomic E-state index is -0.319. The van der Waals surface area contributed by atoms with Gasteiger partial charge in [-0.05, 0) is 31.3 Å². The summed E-state index contributed by atoms with van der Waals surface area (Å²) in [5.41, 5.74) is 1.12. The number of nitrogens with zero attached hydrogens (tertiary/aromatic N) is 3. The summed E-state index contributed by atoms with van der Waals surface area (Å²) in [6, 6.07) is 8.17. The topological polar surface area (TPSA) is 97.8 Å². The highest BCUT2D eigenvalue weighted by Crippen LogP contribution is 2.36. The standard InChI is InChI=1S/C23H28ClN5O4/c1-5-29(6-2)10-9-25-23(30)28-18-8-7-15(11-17(18)24)33-22-16-12-20(31-3)21(32-4)13-19(16)26-14-27-22/h7-8,11-14H,5-6,9-10H2,1-4H3,(H2,25,28,30). The summed E-state index contributed by atoms with van der Waals surface area (Å²) in [6.07, 6.45) is 1.41. The molecule has 1 aromatic heterocycles. The maximum absolute atomic E-state index is 12.2. The number of likely N-dealkylation sites (N-methyl/N-ethyl adjacent to an activating group) is 1. The number of hydrogen-bond acceptors (Lipinski definition) is 7. The van der Waals surface area contributed by atoms with Crippen molar-refractivity contribution in [3.8, 4) is 23.1 Å². The lowest BCUT2D eigenvalue weighted by atomic mass is 10.2. The van der Waals surface area contributed by atoms with E-state index in [4.69, 9.17) is 25.8 Å². The molecular weight excluding hydrogens is 446 g/mol. The van der Waals surface area contributed by atoms with Crippen molar-refractivity contribution in [3.05, 3.63) is 41.7 Å². The van der Waals surface area contributed by atoms with Crippen LogP contribution in [0.2, 0.25) is 5.02 Å². The predicted molar refractivity (Wildman–Crippen MR) is 129 cm³/mol. The summed E-state index contributed by atoms with van der Waals surface area (Å²) >= 11 is 6.37. The molecular formula is C23H28ClN5O4. The maximum atomic E-state index is 12.2. The van der Waals surface area contributed by atoms with Crippen LogP contribution in [-0.4, -0.2) is 61.3 Å². The predicted octanol–water partition coefficient (Wildman–Crippen LogP) is 4.56. The number of halogens is 1. The molecule has 1 heterocycles. The van der Waals surface area contributed by atoms with Gasteiger partial charge in [-0.25, -0.2) is 14.8 Å². The van der Waals surface area contributed by atoms with E-state index in [-0.39, 0.29) is 6.03 Å². The van der Waals surface area contributed by atoms with Crippen LogP contribution in [0.3, 0.4) is 0 Å². The van der Waals surface area contributed by atoms with Crippen LogP contribution in [0.25, 0.3) is 10.9 Å². The molecule has 10 heteroatoms. The number of nitrogens with one attached hydrogen (secondary N) is 2. The number of methoxy groups -OCH3 is 2. The van der Waals surface area contributed by atoms with Crippen molar-refractivity contribution in [1.82, 2.24) is 20.2 Å². The van der Waals surface area contributed by atoms with E-state index >= 15 is 0 Å². The zero-order chi connectivity index (χ0) is 23.8. The van der Waals surface area contributed by atoms with Crippen LogP contribution in [0.5, 0.6) is 23.1 Å². The highest BCUT2D eigenvalue weighted by molar-refractivity contribution is 6.33. The Hall–Kier alpha value is -3.30.